The van der Waals surface area contributed by atoms with Crippen molar-refractivity contribution in [1.29, 1.82) is 0 Å². The molecule has 5 nitrogen and oxygen atoms in total. The summed E-state index contributed by atoms with van der Waals surface area (Å²) in [6, 6.07) is 1.35. The number of rotatable bonds is 3. The molecule has 17 heavy (non-hydrogen) atoms. The van der Waals surface area contributed by atoms with Gasteiger partial charge in [-0.3, -0.25) is 4.90 Å². The molecule has 1 N–H and O–H groups in total. The molecule has 3 heterocycles. The predicted octanol–water partition coefficient (Wildman–Crippen LogP) is 1.09. The van der Waals surface area contributed by atoms with Gasteiger partial charge in [0.15, 0.2) is 0 Å². The summed E-state index contributed by atoms with van der Waals surface area (Å²) in [6.07, 6.45) is 5.24. The molecule has 0 spiro atoms. The van der Waals surface area contributed by atoms with Crippen LogP contribution in [-0.2, 0) is 6.54 Å². The van der Waals surface area contributed by atoms with Crippen LogP contribution in [0.3, 0.4) is 0 Å². The van der Waals surface area contributed by atoms with Crippen LogP contribution in [0.15, 0.2) is 4.63 Å². The summed E-state index contributed by atoms with van der Waals surface area (Å²) in [5, 5.41) is 11.5. The van der Waals surface area contributed by atoms with Gasteiger partial charge in [-0.2, -0.15) is 0 Å². The van der Waals surface area contributed by atoms with E-state index < -0.39 is 0 Å². The Morgan fingerprint density at radius 1 is 1.35 bits per heavy atom. The minimum atomic E-state index is 0.675. The summed E-state index contributed by atoms with van der Waals surface area (Å²) in [5.41, 5.74) is 1.92. The van der Waals surface area contributed by atoms with Crippen LogP contribution in [0.1, 0.15) is 37.1 Å². The molecule has 3 rings (SSSR count). The second-order valence-corrected chi connectivity index (χ2v) is 5.18. The number of likely N-dealkylation sites (tertiary alicyclic amines) is 1. The van der Waals surface area contributed by atoms with Gasteiger partial charge in [0.05, 0.1) is 0 Å². The molecular weight excluding hydrogens is 216 g/mol. The maximum absolute atomic E-state index is 4.77. The van der Waals surface area contributed by atoms with Crippen LogP contribution < -0.4 is 5.32 Å². The highest BCUT2D eigenvalue weighted by Crippen LogP contribution is 2.26. The minimum absolute atomic E-state index is 0.675. The normalized spacial score (nSPS) is 30.2. The lowest BCUT2D eigenvalue weighted by Gasteiger charge is -2.28. The van der Waals surface area contributed by atoms with Crippen LogP contribution in [-0.4, -0.2) is 40.4 Å². The number of nitrogens with zero attached hydrogens (tertiary/aromatic N) is 3. The average Bonchev–Trinajstić information content (AvgIpc) is 3.02. The Bertz CT molecular complexity index is 372. The highest BCUT2D eigenvalue weighted by atomic mass is 16.6. The van der Waals surface area contributed by atoms with Crippen molar-refractivity contribution in [2.75, 3.05) is 13.1 Å². The van der Waals surface area contributed by atoms with Gasteiger partial charge in [-0.25, -0.2) is 4.63 Å². The smallest absolute Gasteiger partial charge is 0.122 e. The van der Waals surface area contributed by atoms with Crippen molar-refractivity contribution in [1.82, 2.24) is 20.5 Å². The lowest BCUT2D eigenvalue weighted by Crippen LogP contribution is -2.43. The third-order valence-corrected chi connectivity index (χ3v) is 4.08. The first kappa shape index (κ1) is 11.2. The quantitative estimate of drug-likeness (QED) is 0.851. The third kappa shape index (κ3) is 2.21. The molecule has 5 heteroatoms. The first-order valence-corrected chi connectivity index (χ1v) is 6.60. The van der Waals surface area contributed by atoms with Gasteiger partial charge in [0.2, 0.25) is 0 Å². The highest BCUT2D eigenvalue weighted by molar-refractivity contribution is 5.06. The van der Waals surface area contributed by atoms with Gasteiger partial charge in [0.1, 0.15) is 11.4 Å². The van der Waals surface area contributed by atoms with Gasteiger partial charge >= 0.3 is 0 Å². The fourth-order valence-corrected chi connectivity index (χ4v) is 3.13. The second-order valence-electron chi connectivity index (χ2n) is 5.18. The molecule has 0 aliphatic carbocycles. The van der Waals surface area contributed by atoms with E-state index in [4.69, 9.17) is 4.63 Å². The van der Waals surface area contributed by atoms with Crippen molar-refractivity contribution >= 4 is 0 Å². The number of nitrogens with one attached hydrogen (secondary N) is 1. The fraction of sp³-hybridized carbons (Fsp3) is 0.833. The fourth-order valence-electron chi connectivity index (χ4n) is 3.13. The third-order valence-electron chi connectivity index (χ3n) is 4.08. The monoisotopic (exact) mass is 236 g/mol. The Morgan fingerprint density at radius 2 is 2.29 bits per heavy atom. The molecule has 2 unspecified atom stereocenters. The van der Waals surface area contributed by atoms with Crippen molar-refractivity contribution < 1.29 is 4.63 Å². The van der Waals surface area contributed by atoms with Gasteiger partial charge < -0.3 is 5.32 Å². The molecule has 0 bridgehead atoms. The van der Waals surface area contributed by atoms with Crippen LogP contribution in [0, 0.1) is 6.92 Å². The van der Waals surface area contributed by atoms with Gasteiger partial charge in [0, 0.05) is 18.6 Å². The Labute approximate surface area is 102 Å². The maximum atomic E-state index is 4.77. The first-order valence-electron chi connectivity index (χ1n) is 6.60. The van der Waals surface area contributed by atoms with E-state index in [1.165, 1.54) is 38.8 Å². The molecule has 0 radical (unpaired) electrons. The lowest BCUT2D eigenvalue weighted by atomic mass is 10.0. The zero-order chi connectivity index (χ0) is 11.7. The van der Waals surface area contributed by atoms with E-state index in [1.54, 1.807) is 0 Å². The topological polar surface area (TPSA) is 54.2 Å². The van der Waals surface area contributed by atoms with Crippen molar-refractivity contribution in [3.63, 3.8) is 0 Å². The van der Waals surface area contributed by atoms with Gasteiger partial charge in [-0.15, -0.1) is 0 Å². The average molecular weight is 236 g/mol. The van der Waals surface area contributed by atoms with Crippen molar-refractivity contribution in [3.05, 3.63) is 11.4 Å². The molecule has 2 fully saturated rings. The molecule has 1 aromatic rings. The Morgan fingerprint density at radius 3 is 3.00 bits per heavy atom. The first-order chi connectivity index (χ1) is 8.34. The number of hydrogen-bond acceptors (Lipinski definition) is 5. The summed E-state index contributed by atoms with van der Waals surface area (Å²) in [6.45, 7) is 5.21. The number of aryl methyl sites for hydroxylation is 1. The molecule has 0 saturated carbocycles. The minimum Gasteiger partial charge on any atom is -0.312 e. The second kappa shape index (κ2) is 4.74. The van der Waals surface area contributed by atoms with Crippen LogP contribution in [0.4, 0.5) is 0 Å². The van der Waals surface area contributed by atoms with E-state index in [-0.39, 0.29) is 0 Å². The van der Waals surface area contributed by atoms with E-state index in [0.717, 1.165) is 17.9 Å². The summed E-state index contributed by atoms with van der Waals surface area (Å²) in [4.78, 5) is 2.54. The van der Waals surface area contributed by atoms with Crippen LogP contribution >= 0.6 is 0 Å². The summed E-state index contributed by atoms with van der Waals surface area (Å²) in [5.74, 6) is 0. The van der Waals surface area contributed by atoms with Gasteiger partial charge in [-0.1, -0.05) is 10.3 Å². The van der Waals surface area contributed by atoms with E-state index >= 15 is 0 Å². The largest absolute Gasteiger partial charge is 0.312 e. The van der Waals surface area contributed by atoms with E-state index in [0.29, 0.717) is 12.1 Å². The van der Waals surface area contributed by atoms with Gasteiger partial charge in [-0.05, 0) is 45.7 Å². The van der Waals surface area contributed by atoms with Crippen LogP contribution in [0.2, 0.25) is 0 Å². The summed E-state index contributed by atoms with van der Waals surface area (Å²) < 4.78 is 4.77. The number of aromatic nitrogens is 2. The zero-order valence-corrected chi connectivity index (χ0v) is 10.4. The standard InChI is InChI=1S/C12H20N4O/c1-9-11(15-17-14-9)8-16-7-3-5-12(16)10-4-2-6-13-10/h10,12-13H,2-8H2,1H3. The van der Waals surface area contributed by atoms with E-state index in [1.807, 2.05) is 6.92 Å². The van der Waals surface area contributed by atoms with Gasteiger partial charge in [0.25, 0.3) is 0 Å². The van der Waals surface area contributed by atoms with Crippen molar-refractivity contribution in [2.45, 2.75) is 51.2 Å². The molecular formula is C12H20N4O. The van der Waals surface area contributed by atoms with E-state index in [2.05, 4.69) is 20.5 Å². The molecule has 2 saturated heterocycles. The SMILES string of the molecule is Cc1nonc1CN1CCCC1C1CCCN1. The molecule has 2 atom stereocenters. The van der Waals surface area contributed by atoms with Crippen LogP contribution in [0.5, 0.6) is 0 Å². The Kier molecular flexibility index (Phi) is 3.11. The molecule has 1 aromatic heterocycles. The lowest BCUT2D eigenvalue weighted by molar-refractivity contribution is 0.199. The summed E-state index contributed by atoms with van der Waals surface area (Å²) in [7, 11) is 0. The Balaban J connectivity index is 1.67. The van der Waals surface area contributed by atoms with E-state index in [9.17, 15) is 0 Å². The maximum Gasteiger partial charge on any atom is 0.122 e. The summed E-state index contributed by atoms with van der Waals surface area (Å²) >= 11 is 0. The molecule has 0 amide bonds. The highest BCUT2D eigenvalue weighted by Gasteiger charge is 2.33. The predicted molar refractivity (Wildman–Crippen MR) is 63.5 cm³/mol. The zero-order valence-electron chi connectivity index (χ0n) is 10.4. The van der Waals surface area contributed by atoms with Crippen molar-refractivity contribution in [2.24, 2.45) is 0 Å². The molecule has 2 aliphatic rings. The number of hydrogen-bond donors (Lipinski definition) is 1. The molecule has 2 aliphatic heterocycles. The molecule has 94 valence electrons. The molecule has 0 aromatic carbocycles. The van der Waals surface area contributed by atoms with Crippen LogP contribution in [0.25, 0.3) is 0 Å². The van der Waals surface area contributed by atoms with Crippen molar-refractivity contribution in [3.8, 4) is 0 Å². The Hall–Kier alpha value is -0.940.